The average Bonchev–Trinajstić information content (AvgIpc) is 3.19. The smallest absolute Gasteiger partial charge is 0.311 e. The van der Waals surface area contributed by atoms with Crippen LogP contribution in [0, 0.1) is 23.2 Å². The van der Waals surface area contributed by atoms with Gasteiger partial charge in [0.1, 0.15) is 5.60 Å². The van der Waals surface area contributed by atoms with Crippen LogP contribution in [0.1, 0.15) is 46.1 Å². The number of hydrogen-bond acceptors (Lipinski definition) is 5. The van der Waals surface area contributed by atoms with E-state index in [4.69, 9.17) is 14.2 Å². The van der Waals surface area contributed by atoms with Crippen LogP contribution in [0.15, 0.2) is 30.3 Å². The zero-order valence-electron chi connectivity index (χ0n) is 17.4. The van der Waals surface area contributed by atoms with Gasteiger partial charge in [-0.3, -0.25) is 4.79 Å². The van der Waals surface area contributed by atoms with Gasteiger partial charge in [0.15, 0.2) is 6.29 Å². The summed E-state index contributed by atoms with van der Waals surface area (Å²) in [5.74, 6) is -0.243. The molecule has 0 spiro atoms. The summed E-state index contributed by atoms with van der Waals surface area (Å²) in [4.78, 5) is 24.5. The van der Waals surface area contributed by atoms with Gasteiger partial charge in [0.05, 0.1) is 31.3 Å². The Balaban J connectivity index is 1.67. The number of carbonyl (C=O) groups excluding carboxylic acids is 2. The summed E-state index contributed by atoms with van der Waals surface area (Å²) >= 11 is 0. The average molecular weight is 389 g/mol. The summed E-state index contributed by atoms with van der Waals surface area (Å²) in [7, 11) is 0. The predicted octanol–water partition coefficient (Wildman–Crippen LogP) is 3.79. The van der Waals surface area contributed by atoms with Crippen LogP contribution in [0.3, 0.4) is 0 Å². The topological polar surface area (TPSA) is 61.8 Å². The highest BCUT2D eigenvalue weighted by Gasteiger charge is 2.63. The Morgan fingerprint density at radius 1 is 1.29 bits per heavy atom. The fourth-order valence-corrected chi connectivity index (χ4v) is 4.37. The standard InChI is InChI=1S/C23H32O5/c1-5-22(3,4)21(25)27-14-19-18(13-26-12-17-9-7-6-8-10-17)20-11-16(2)23(19,15-24)28-20/h6-10,15-16,18-20H,5,11-14H2,1-4H3/t16?,18?,19?,20?,23-/m1/s1. The van der Waals surface area contributed by atoms with Gasteiger partial charge in [-0.15, -0.1) is 0 Å². The van der Waals surface area contributed by atoms with Crippen molar-refractivity contribution < 1.29 is 23.8 Å². The van der Waals surface area contributed by atoms with Crippen molar-refractivity contribution >= 4 is 12.3 Å². The van der Waals surface area contributed by atoms with Gasteiger partial charge in [-0.25, -0.2) is 0 Å². The van der Waals surface area contributed by atoms with E-state index in [0.29, 0.717) is 19.6 Å². The summed E-state index contributed by atoms with van der Waals surface area (Å²) in [6, 6.07) is 10.0. The molecule has 0 aromatic heterocycles. The minimum Gasteiger partial charge on any atom is -0.465 e. The van der Waals surface area contributed by atoms with E-state index in [9.17, 15) is 9.59 Å². The van der Waals surface area contributed by atoms with Crippen molar-refractivity contribution in [2.45, 2.75) is 58.8 Å². The number of aldehydes is 1. The molecule has 2 aliphatic rings. The highest BCUT2D eigenvalue weighted by molar-refractivity contribution is 5.76. The summed E-state index contributed by atoms with van der Waals surface area (Å²) in [5.41, 5.74) is -0.294. The third-order valence-electron chi connectivity index (χ3n) is 6.72. The van der Waals surface area contributed by atoms with E-state index in [1.54, 1.807) is 0 Å². The Kier molecular flexibility index (Phi) is 6.25. The summed E-state index contributed by atoms with van der Waals surface area (Å²) < 4.78 is 17.8. The van der Waals surface area contributed by atoms with E-state index in [2.05, 4.69) is 0 Å². The third kappa shape index (κ3) is 3.87. The van der Waals surface area contributed by atoms with Crippen molar-refractivity contribution in [3.05, 3.63) is 35.9 Å². The van der Waals surface area contributed by atoms with E-state index in [1.165, 1.54) is 0 Å². The van der Waals surface area contributed by atoms with Crippen molar-refractivity contribution in [2.24, 2.45) is 23.2 Å². The van der Waals surface area contributed by atoms with Gasteiger partial charge < -0.3 is 19.0 Å². The summed E-state index contributed by atoms with van der Waals surface area (Å²) in [6.45, 7) is 8.97. The minimum absolute atomic E-state index is 0.0288. The van der Waals surface area contributed by atoms with Gasteiger partial charge in [-0.05, 0) is 38.2 Å². The van der Waals surface area contributed by atoms with Crippen molar-refractivity contribution in [1.29, 1.82) is 0 Å². The summed E-state index contributed by atoms with van der Waals surface area (Å²) in [5, 5.41) is 0. The van der Waals surface area contributed by atoms with E-state index >= 15 is 0 Å². The molecule has 2 heterocycles. The van der Waals surface area contributed by atoms with Crippen LogP contribution >= 0.6 is 0 Å². The number of fused-ring (bicyclic) bond motifs is 2. The molecule has 1 aromatic carbocycles. The molecule has 5 nitrogen and oxygen atoms in total. The largest absolute Gasteiger partial charge is 0.465 e. The second kappa shape index (κ2) is 8.34. The number of ether oxygens (including phenoxy) is 3. The molecule has 2 aliphatic heterocycles. The Bertz CT molecular complexity index is 685. The van der Waals surface area contributed by atoms with E-state index in [-0.39, 0.29) is 36.4 Å². The Hall–Kier alpha value is -1.72. The van der Waals surface area contributed by atoms with E-state index in [0.717, 1.165) is 18.3 Å². The molecule has 5 atom stereocenters. The quantitative estimate of drug-likeness (QED) is 0.476. The lowest BCUT2D eigenvalue weighted by Gasteiger charge is -2.37. The molecule has 0 aliphatic carbocycles. The Morgan fingerprint density at radius 3 is 2.64 bits per heavy atom. The molecular formula is C23H32O5. The molecule has 2 saturated heterocycles. The number of hydrogen-bond donors (Lipinski definition) is 0. The SMILES string of the molecule is CCC(C)(C)C(=O)OCC1C(COCc2ccccc2)C2CC(C)[C@@]1(C=O)O2. The normalized spacial score (nSPS) is 31.7. The Labute approximate surface area is 167 Å². The number of benzene rings is 1. The van der Waals surface area contributed by atoms with Crippen molar-refractivity contribution in [3.63, 3.8) is 0 Å². The molecule has 0 radical (unpaired) electrons. The molecule has 2 fully saturated rings. The maximum atomic E-state index is 12.5. The first kappa shape index (κ1) is 21.0. The lowest BCUT2D eigenvalue weighted by atomic mass is 9.67. The van der Waals surface area contributed by atoms with E-state index in [1.807, 2.05) is 58.0 Å². The molecule has 28 heavy (non-hydrogen) atoms. The van der Waals surface area contributed by atoms with Gasteiger partial charge in [-0.2, -0.15) is 0 Å². The van der Waals surface area contributed by atoms with Gasteiger partial charge >= 0.3 is 5.97 Å². The molecule has 5 heteroatoms. The maximum Gasteiger partial charge on any atom is 0.311 e. The van der Waals surface area contributed by atoms with Crippen LogP contribution in [-0.2, 0) is 30.4 Å². The van der Waals surface area contributed by atoms with Crippen molar-refractivity contribution in [1.82, 2.24) is 0 Å². The zero-order valence-corrected chi connectivity index (χ0v) is 17.4. The van der Waals surface area contributed by atoms with Crippen LogP contribution < -0.4 is 0 Å². The molecule has 1 aromatic rings. The molecule has 0 saturated carbocycles. The fourth-order valence-electron chi connectivity index (χ4n) is 4.37. The maximum absolute atomic E-state index is 12.5. The van der Waals surface area contributed by atoms with Crippen LogP contribution in [0.5, 0.6) is 0 Å². The van der Waals surface area contributed by atoms with E-state index < -0.39 is 11.0 Å². The van der Waals surface area contributed by atoms with Crippen LogP contribution in [0.25, 0.3) is 0 Å². The Morgan fingerprint density at radius 2 is 2.00 bits per heavy atom. The van der Waals surface area contributed by atoms with Crippen molar-refractivity contribution in [2.75, 3.05) is 13.2 Å². The lowest BCUT2D eigenvalue weighted by Crippen LogP contribution is -2.49. The molecule has 154 valence electrons. The van der Waals surface area contributed by atoms with Gasteiger partial charge in [0, 0.05) is 11.8 Å². The first-order valence-corrected chi connectivity index (χ1v) is 10.3. The second-order valence-electron chi connectivity index (χ2n) is 8.87. The molecule has 0 amide bonds. The van der Waals surface area contributed by atoms with Gasteiger partial charge in [0.25, 0.3) is 0 Å². The van der Waals surface area contributed by atoms with Gasteiger partial charge in [0.2, 0.25) is 0 Å². The third-order valence-corrected chi connectivity index (χ3v) is 6.72. The first-order chi connectivity index (χ1) is 13.3. The van der Waals surface area contributed by atoms with Crippen LogP contribution in [0.4, 0.5) is 0 Å². The molecular weight excluding hydrogens is 356 g/mol. The monoisotopic (exact) mass is 388 g/mol. The molecule has 3 rings (SSSR count). The molecule has 0 N–H and O–H groups in total. The number of esters is 1. The minimum atomic E-state index is -0.873. The highest BCUT2D eigenvalue weighted by atomic mass is 16.6. The lowest BCUT2D eigenvalue weighted by molar-refractivity contribution is -0.160. The zero-order chi connectivity index (χ0) is 20.4. The number of rotatable bonds is 9. The van der Waals surface area contributed by atoms with Crippen LogP contribution in [0.2, 0.25) is 0 Å². The van der Waals surface area contributed by atoms with Crippen molar-refractivity contribution in [3.8, 4) is 0 Å². The molecule has 2 bridgehead atoms. The van der Waals surface area contributed by atoms with Crippen LogP contribution in [-0.4, -0.2) is 37.2 Å². The number of carbonyl (C=O) groups is 2. The molecule has 4 unspecified atom stereocenters. The highest BCUT2D eigenvalue weighted by Crippen LogP contribution is 2.53. The second-order valence-corrected chi connectivity index (χ2v) is 8.87. The first-order valence-electron chi connectivity index (χ1n) is 10.3. The summed E-state index contributed by atoms with van der Waals surface area (Å²) in [6.07, 6.45) is 2.44. The fraction of sp³-hybridized carbons (Fsp3) is 0.652. The van der Waals surface area contributed by atoms with Gasteiger partial charge in [-0.1, -0.05) is 44.2 Å². The predicted molar refractivity (Wildman–Crippen MR) is 106 cm³/mol.